The number of carbonyl (C=O) groups excluding carboxylic acids is 2. The predicted molar refractivity (Wildman–Crippen MR) is 123 cm³/mol. The van der Waals surface area contributed by atoms with Crippen molar-refractivity contribution in [2.24, 2.45) is 0 Å². The quantitative estimate of drug-likeness (QED) is 0.232. The first-order valence-corrected chi connectivity index (χ1v) is 11.3. The first kappa shape index (κ1) is 22.6. The maximum atomic E-state index is 14.8. The fourth-order valence-corrected chi connectivity index (χ4v) is 4.32. The molecule has 1 unspecified atom stereocenters. The molecule has 7 nitrogen and oxygen atoms in total. The molecule has 0 aliphatic carbocycles. The van der Waals surface area contributed by atoms with Crippen molar-refractivity contribution in [1.29, 1.82) is 0 Å². The second-order valence-corrected chi connectivity index (χ2v) is 8.68. The van der Waals surface area contributed by atoms with Crippen molar-refractivity contribution in [3.05, 3.63) is 76.1 Å². The van der Waals surface area contributed by atoms with E-state index in [2.05, 4.69) is 17.1 Å². The number of amides is 1. The van der Waals surface area contributed by atoms with Crippen LogP contribution in [-0.4, -0.2) is 33.6 Å². The van der Waals surface area contributed by atoms with Crippen LogP contribution in [0.5, 0.6) is 5.75 Å². The molecule has 9 heteroatoms. The normalized spacial score (nSPS) is 17.5. The molecule has 4 rings (SSSR count). The van der Waals surface area contributed by atoms with E-state index in [4.69, 9.17) is 4.74 Å². The molecule has 1 saturated heterocycles. The summed E-state index contributed by atoms with van der Waals surface area (Å²) in [5.74, 6) is -2.21. The fourth-order valence-electron chi connectivity index (χ4n) is 3.60. The van der Waals surface area contributed by atoms with E-state index < -0.39 is 29.3 Å². The standard InChI is InChI=1S/C24H22FN3O4S/c1-3-4-13-32-16-11-9-15(10-12-16)21(29)19-20(17-7-5-6-8-18(17)25)28(23(31)22(19)30)24-27-26-14(2)33-24/h5-12,20,29H,3-4,13H2,1-2H3. The Balaban J connectivity index is 1.81. The monoisotopic (exact) mass is 467 g/mol. The van der Waals surface area contributed by atoms with Crippen LogP contribution in [0.15, 0.2) is 54.1 Å². The van der Waals surface area contributed by atoms with Gasteiger partial charge in [-0.1, -0.05) is 42.9 Å². The molecule has 1 aliphatic heterocycles. The lowest BCUT2D eigenvalue weighted by atomic mass is 9.95. The molecular weight excluding hydrogens is 445 g/mol. The topological polar surface area (TPSA) is 92.6 Å². The van der Waals surface area contributed by atoms with Crippen molar-refractivity contribution in [1.82, 2.24) is 10.2 Å². The highest BCUT2D eigenvalue weighted by Crippen LogP contribution is 2.43. The summed E-state index contributed by atoms with van der Waals surface area (Å²) < 4.78 is 20.5. The lowest BCUT2D eigenvalue weighted by Gasteiger charge is -2.22. The van der Waals surface area contributed by atoms with Crippen molar-refractivity contribution in [2.75, 3.05) is 11.5 Å². The number of anilines is 1. The minimum absolute atomic E-state index is 0.0747. The molecule has 1 amide bonds. The van der Waals surface area contributed by atoms with Crippen molar-refractivity contribution < 1.29 is 23.8 Å². The average Bonchev–Trinajstić information content (AvgIpc) is 3.35. The molecule has 33 heavy (non-hydrogen) atoms. The van der Waals surface area contributed by atoms with Gasteiger partial charge in [0.25, 0.3) is 5.78 Å². The highest BCUT2D eigenvalue weighted by atomic mass is 32.1. The zero-order chi connectivity index (χ0) is 23.5. The maximum Gasteiger partial charge on any atom is 0.301 e. The third kappa shape index (κ3) is 4.36. The van der Waals surface area contributed by atoms with Gasteiger partial charge in [0.05, 0.1) is 12.2 Å². The number of hydrogen-bond acceptors (Lipinski definition) is 7. The van der Waals surface area contributed by atoms with E-state index in [1.54, 1.807) is 37.3 Å². The molecule has 1 atom stereocenters. The molecule has 0 bridgehead atoms. The van der Waals surface area contributed by atoms with Gasteiger partial charge in [-0.15, -0.1) is 10.2 Å². The molecule has 2 heterocycles. The summed E-state index contributed by atoms with van der Waals surface area (Å²) in [6, 6.07) is 11.2. The lowest BCUT2D eigenvalue weighted by Crippen LogP contribution is -2.29. The van der Waals surface area contributed by atoms with Crippen LogP contribution in [0.3, 0.4) is 0 Å². The molecule has 3 aromatic rings. The highest BCUT2D eigenvalue weighted by Gasteiger charge is 2.49. The molecule has 2 aromatic carbocycles. The van der Waals surface area contributed by atoms with Gasteiger partial charge in [0.2, 0.25) is 5.13 Å². The number of Topliss-reactive ketones (excluding diaryl/α,β-unsaturated/α-hetero) is 1. The second-order valence-electron chi connectivity index (χ2n) is 7.52. The van der Waals surface area contributed by atoms with Gasteiger partial charge >= 0.3 is 5.91 Å². The van der Waals surface area contributed by atoms with Crippen molar-refractivity contribution in [3.8, 4) is 5.75 Å². The number of rotatable bonds is 7. The lowest BCUT2D eigenvalue weighted by molar-refractivity contribution is -0.132. The van der Waals surface area contributed by atoms with E-state index in [0.29, 0.717) is 22.9 Å². The van der Waals surface area contributed by atoms with Crippen LogP contribution in [0.2, 0.25) is 0 Å². The Morgan fingerprint density at radius 3 is 2.52 bits per heavy atom. The number of aryl methyl sites for hydroxylation is 1. The zero-order valence-corrected chi connectivity index (χ0v) is 18.9. The number of hydrogen-bond donors (Lipinski definition) is 1. The summed E-state index contributed by atoms with van der Waals surface area (Å²) in [5, 5.41) is 19.7. The smallest absolute Gasteiger partial charge is 0.301 e. The SMILES string of the molecule is CCCCOc1ccc(C(O)=C2C(=O)C(=O)N(c3nnc(C)s3)C2c2ccccc2F)cc1. The van der Waals surface area contributed by atoms with Gasteiger partial charge in [-0.2, -0.15) is 0 Å². The van der Waals surface area contributed by atoms with Crippen LogP contribution >= 0.6 is 11.3 Å². The number of aromatic nitrogens is 2. The van der Waals surface area contributed by atoms with Gasteiger partial charge in [0.1, 0.15) is 28.4 Å². The molecule has 0 spiro atoms. The number of ketones is 1. The molecule has 1 aromatic heterocycles. The van der Waals surface area contributed by atoms with Gasteiger partial charge in [-0.25, -0.2) is 4.39 Å². The summed E-state index contributed by atoms with van der Waals surface area (Å²) in [7, 11) is 0. The van der Waals surface area contributed by atoms with E-state index >= 15 is 0 Å². The Morgan fingerprint density at radius 1 is 1.15 bits per heavy atom. The molecule has 0 saturated carbocycles. The molecule has 1 N–H and O–H groups in total. The van der Waals surface area contributed by atoms with Gasteiger partial charge in [-0.3, -0.25) is 14.5 Å². The summed E-state index contributed by atoms with van der Waals surface area (Å²) in [6.07, 6.45) is 1.92. The number of carbonyl (C=O) groups is 2. The average molecular weight is 468 g/mol. The Hall–Kier alpha value is -3.59. The Morgan fingerprint density at radius 2 is 1.88 bits per heavy atom. The van der Waals surface area contributed by atoms with E-state index in [1.807, 2.05) is 0 Å². The number of aliphatic hydroxyl groups is 1. The third-order valence-electron chi connectivity index (χ3n) is 5.26. The van der Waals surface area contributed by atoms with Gasteiger partial charge < -0.3 is 9.84 Å². The molecule has 170 valence electrons. The van der Waals surface area contributed by atoms with E-state index in [0.717, 1.165) is 29.1 Å². The van der Waals surface area contributed by atoms with Gasteiger partial charge in [0.15, 0.2) is 0 Å². The third-order valence-corrected chi connectivity index (χ3v) is 6.10. The minimum Gasteiger partial charge on any atom is -0.507 e. The number of ether oxygens (including phenoxy) is 1. The number of halogens is 1. The van der Waals surface area contributed by atoms with Crippen LogP contribution in [0.25, 0.3) is 5.76 Å². The number of aliphatic hydroxyl groups excluding tert-OH is 1. The van der Waals surface area contributed by atoms with Crippen LogP contribution in [-0.2, 0) is 9.59 Å². The van der Waals surface area contributed by atoms with Crippen molar-refractivity contribution >= 4 is 33.9 Å². The Kier molecular flexibility index (Phi) is 6.50. The van der Waals surface area contributed by atoms with Crippen LogP contribution in [0.4, 0.5) is 9.52 Å². The summed E-state index contributed by atoms with van der Waals surface area (Å²) >= 11 is 1.10. The maximum absolute atomic E-state index is 14.8. The molecule has 1 fully saturated rings. The van der Waals surface area contributed by atoms with E-state index in [9.17, 15) is 19.1 Å². The van der Waals surface area contributed by atoms with Crippen LogP contribution < -0.4 is 9.64 Å². The minimum atomic E-state index is -1.18. The van der Waals surface area contributed by atoms with Crippen molar-refractivity contribution in [2.45, 2.75) is 32.7 Å². The number of nitrogens with zero attached hydrogens (tertiary/aromatic N) is 3. The predicted octanol–water partition coefficient (Wildman–Crippen LogP) is 4.79. The molecular formula is C24H22FN3O4S. The number of benzene rings is 2. The fraction of sp³-hybridized carbons (Fsp3) is 0.250. The first-order chi connectivity index (χ1) is 15.9. The van der Waals surface area contributed by atoms with Crippen LogP contribution in [0.1, 0.15) is 41.9 Å². The van der Waals surface area contributed by atoms with Crippen molar-refractivity contribution in [3.63, 3.8) is 0 Å². The van der Waals surface area contributed by atoms with Gasteiger partial charge in [-0.05, 0) is 43.7 Å². The Labute approximate surface area is 194 Å². The Bertz CT molecular complexity index is 1220. The molecule has 1 aliphatic rings. The van der Waals surface area contributed by atoms with E-state index in [1.165, 1.54) is 18.2 Å². The summed E-state index contributed by atoms with van der Waals surface area (Å²) in [4.78, 5) is 27.1. The van der Waals surface area contributed by atoms with Crippen LogP contribution in [0, 0.1) is 12.7 Å². The largest absolute Gasteiger partial charge is 0.507 e. The number of unbranched alkanes of at least 4 members (excludes halogenated alkanes) is 1. The first-order valence-electron chi connectivity index (χ1n) is 10.5. The highest BCUT2D eigenvalue weighted by molar-refractivity contribution is 7.15. The summed E-state index contributed by atoms with van der Waals surface area (Å²) in [5.41, 5.74) is 0.175. The molecule has 0 radical (unpaired) electrons. The van der Waals surface area contributed by atoms with E-state index in [-0.39, 0.29) is 16.3 Å². The van der Waals surface area contributed by atoms with Gasteiger partial charge in [0, 0.05) is 11.1 Å². The second kappa shape index (κ2) is 9.50. The zero-order valence-electron chi connectivity index (χ0n) is 18.1. The summed E-state index contributed by atoms with van der Waals surface area (Å²) in [6.45, 7) is 4.34.